The molecule has 1 N–H and O–H groups in total. The molecular formula is C17H21N5O2. The lowest BCUT2D eigenvalue weighted by atomic mass is 9.50. The second-order valence-corrected chi connectivity index (χ2v) is 8.06. The number of tetrazole rings is 1. The third kappa shape index (κ3) is 2.03. The zero-order valence-corrected chi connectivity index (χ0v) is 13.7. The van der Waals surface area contributed by atoms with Crippen LogP contribution in [0.4, 0.5) is 0 Å². The average Bonchev–Trinajstić information content (AvgIpc) is 3.16. The van der Waals surface area contributed by atoms with Gasteiger partial charge in [0.2, 0.25) is 0 Å². The first kappa shape index (κ1) is 14.2. The summed E-state index contributed by atoms with van der Waals surface area (Å²) < 4.78 is 5.06. The van der Waals surface area contributed by atoms with Gasteiger partial charge in [0.25, 0.3) is 5.91 Å². The van der Waals surface area contributed by atoms with Gasteiger partial charge in [-0.05, 0) is 68.6 Å². The average molecular weight is 327 g/mol. The van der Waals surface area contributed by atoms with Gasteiger partial charge in [-0.3, -0.25) is 4.79 Å². The lowest BCUT2D eigenvalue weighted by Crippen LogP contribution is -2.66. The van der Waals surface area contributed by atoms with Crippen molar-refractivity contribution in [3.63, 3.8) is 0 Å². The smallest absolute Gasteiger partial charge is 0.254 e. The van der Waals surface area contributed by atoms with Crippen LogP contribution in [0.1, 0.15) is 54.7 Å². The summed E-state index contributed by atoms with van der Waals surface area (Å²) in [4.78, 5) is 14.5. The van der Waals surface area contributed by atoms with Crippen LogP contribution in [0.25, 0.3) is 0 Å². The highest BCUT2D eigenvalue weighted by Gasteiger charge is 2.60. The van der Waals surface area contributed by atoms with Gasteiger partial charge in [-0.1, -0.05) is 0 Å². The molecule has 0 aliphatic heterocycles. The molecule has 126 valence electrons. The summed E-state index contributed by atoms with van der Waals surface area (Å²) in [7, 11) is 0. The Bertz CT molecular complexity index is 767. The molecule has 6 rings (SSSR count). The molecule has 0 spiro atoms. The van der Waals surface area contributed by atoms with Gasteiger partial charge in [0.1, 0.15) is 6.26 Å². The number of hydrogen-bond donors (Lipinski definition) is 1. The van der Waals surface area contributed by atoms with Crippen LogP contribution < -0.4 is 5.32 Å². The third-order valence-corrected chi connectivity index (χ3v) is 6.13. The Balaban J connectivity index is 1.48. The summed E-state index contributed by atoms with van der Waals surface area (Å²) >= 11 is 0. The van der Waals surface area contributed by atoms with E-state index in [-0.39, 0.29) is 17.0 Å². The molecule has 4 atom stereocenters. The Morgan fingerprint density at radius 3 is 2.75 bits per heavy atom. The van der Waals surface area contributed by atoms with Crippen molar-refractivity contribution in [3.8, 4) is 0 Å². The first-order valence-corrected chi connectivity index (χ1v) is 8.68. The summed E-state index contributed by atoms with van der Waals surface area (Å²) in [6.07, 6.45) is 9.52. The molecule has 2 unspecified atom stereocenters. The standard InChI is InChI=1S/C17H21N5O2/c1-11-19-21-22(20-11)17-7-12-4-13(8-17)6-16(5-12,10-17)18-15(23)14-2-3-24-9-14/h2-3,9,12-13H,4-8,10H2,1H3,(H,18,23)/t12-,13+,16?,17?. The zero-order chi connectivity index (χ0) is 16.4. The minimum Gasteiger partial charge on any atom is -0.472 e. The molecule has 0 aromatic carbocycles. The first-order valence-electron chi connectivity index (χ1n) is 8.68. The fourth-order valence-electron chi connectivity index (χ4n) is 5.79. The molecule has 2 aromatic heterocycles. The van der Waals surface area contributed by atoms with E-state index < -0.39 is 0 Å². The second-order valence-electron chi connectivity index (χ2n) is 8.06. The molecule has 4 bridgehead atoms. The van der Waals surface area contributed by atoms with Crippen LogP contribution in [0.3, 0.4) is 0 Å². The van der Waals surface area contributed by atoms with Crippen LogP contribution in [0, 0.1) is 18.8 Å². The van der Waals surface area contributed by atoms with Gasteiger partial charge in [0.05, 0.1) is 17.4 Å². The van der Waals surface area contributed by atoms with Crippen molar-refractivity contribution in [1.82, 2.24) is 25.5 Å². The summed E-state index contributed by atoms with van der Waals surface area (Å²) in [5.74, 6) is 1.93. The third-order valence-electron chi connectivity index (χ3n) is 6.13. The summed E-state index contributed by atoms with van der Waals surface area (Å²) in [6.45, 7) is 1.88. The minimum atomic E-state index is -0.153. The predicted molar refractivity (Wildman–Crippen MR) is 84.1 cm³/mol. The zero-order valence-electron chi connectivity index (χ0n) is 13.7. The van der Waals surface area contributed by atoms with Crippen molar-refractivity contribution in [1.29, 1.82) is 0 Å². The normalized spacial score (nSPS) is 36.9. The van der Waals surface area contributed by atoms with E-state index >= 15 is 0 Å². The van der Waals surface area contributed by atoms with E-state index in [0.717, 1.165) is 32.1 Å². The van der Waals surface area contributed by atoms with E-state index in [0.29, 0.717) is 23.2 Å². The molecule has 2 heterocycles. The molecule has 4 saturated carbocycles. The molecule has 4 aliphatic rings. The maximum Gasteiger partial charge on any atom is 0.254 e. The number of amides is 1. The number of aryl methyl sites for hydroxylation is 1. The number of nitrogens with zero attached hydrogens (tertiary/aromatic N) is 4. The van der Waals surface area contributed by atoms with Crippen LogP contribution in [0.15, 0.2) is 23.0 Å². The monoisotopic (exact) mass is 327 g/mol. The van der Waals surface area contributed by atoms with Gasteiger partial charge < -0.3 is 9.73 Å². The molecule has 0 saturated heterocycles. The molecule has 7 heteroatoms. The van der Waals surface area contributed by atoms with Gasteiger partial charge in [0, 0.05) is 5.54 Å². The van der Waals surface area contributed by atoms with Crippen LogP contribution in [-0.2, 0) is 5.54 Å². The number of rotatable bonds is 3. The fourth-order valence-corrected chi connectivity index (χ4v) is 5.79. The molecule has 24 heavy (non-hydrogen) atoms. The maximum absolute atomic E-state index is 12.6. The van der Waals surface area contributed by atoms with Crippen LogP contribution in [0.2, 0.25) is 0 Å². The van der Waals surface area contributed by atoms with Gasteiger partial charge in [0.15, 0.2) is 5.82 Å². The SMILES string of the molecule is Cc1nnn(C23C[C@@H]4C[C@@H](CC(NC(=O)c5ccoc5)(C4)C2)C3)n1. The van der Waals surface area contributed by atoms with Crippen LogP contribution in [0.5, 0.6) is 0 Å². The topological polar surface area (TPSA) is 85.8 Å². The van der Waals surface area contributed by atoms with E-state index in [1.54, 1.807) is 6.07 Å². The van der Waals surface area contributed by atoms with E-state index in [2.05, 4.69) is 20.7 Å². The van der Waals surface area contributed by atoms with E-state index in [9.17, 15) is 4.79 Å². The molecule has 1 amide bonds. The fraction of sp³-hybridized carbons (Fsp3) is 0.647. The highest BCUT2D eigenvalue weighted by molar-refractivity contribution is 5.94. The Kier molecular flexibility index (Phi) is 2.76. The van der Waals surface area contributed by atoms with Gasteiger partial charge in [-0.25, -0.2) is 0 Å². The van der Waals surface area contributed by atoms with Gasteiger partial charge >= 0.3 is 0 Å². The first-order chi connectivity index (χ1) is 11.6. The molecule has 2 aromatic rings. The van der Waals surface area contributed by atoms with Crippen molar-refractivity contribution in [2.75, 3.05) is 0 Å². The highest BCUT2D eigenvalue weighted by Crippen LogP contribution is 2.60. The molecular weight excluding hydrogens is 306 g/mol. The number of furan rings is 1. The number of aromatic nitrogens is 4. The Morgan fingerprint density at radius 1 is 1.33 bits per heavy atom. The summed E-state index contributed by atoms with van der Waals surface area (Å²) in [5, 5.41) is 16.3. The largest absolute Gasteiger partial charge is 0.472 e. The maximum atomic E-state index is 12.6. The van der Waals surface area contributed by atoms with Gasteiger partial charge in [-0.2, -0.15) is 4.80 Å². The van der Waals surface area contributed by atoms with Gasteiger partial charge in [-0.15, -0.1) is 10.2 Å². The van der Waals surface area contributed by atoms with E-state index in [1.807, 2.05) is 11.7 Å². The van der Waals surface area contributed by atoms with Crippen LogP contribution in [-0.4, -0.2) is 31.7 Å². The van der Waals surface area contributed by atoms with Crippen molar-refractivity contribution >= 4 is 5.91 Å². The molecule has 0 radical (unpaired) electrons. The number of carbonyl (C=O) groups excluding carboxylic acids is 1. The number of nitrogens with one attached hydrogen (secondary N) is 1. The molecule has 7 nitrogen and oxygen atoms in total. The van der Waals surface area contributed by atoms with Crippen molar-refractivity contribution in [3.05, 3.63) is 30.0 Å². The summed E-state index contributed by atoms with van der Waals surface area (Å²) in [5.41, 5.74) is 0.351. The van der Waals surface area contributed by atoms with Crippen molar-refractivity contribution in [2.24, 2.45) is 11.8 Å². The van der Waals surface area contributed by atoms with Crippen molar-refractivity contribution < 1.29 is 9.21 Å². The van der Waals surface area contributed by atoms with E-state index in [4.69, 9.17) is 4.42 Å². The highest BCUT2D eigenvalue weighted by atomic mass is 16.3. The molecule has 4 fully saturated rings. The number of carbonyl (C=O) groups is 1. The Morgan fingerprint density at radius 2 is 2.12 bits per heavy atom. The lowest BCUT2D eigenvalue weighted by Gasteiger charge is -2.61. The lowest BCUT2D eigenvalue weighted by molar-refractivity contribution is -0.0811. The van der Waals surface area contributed by atoms with Crippen LogP contribution >= 0.6 is 0 Å². The summed E-state index contributed by atoms with van der Waals surface area (Å²) in [6, 6.07) is 1.72. The number of hydrogen-bond acceptors (Lipinski definition) is 5. The minimum absolute atomic E-state index is 0.0384. The van der Waals surface area contributed by atoms with E-state index in [1.165, 1.54) is 18.9 Å². The Labute approximate surface area is 139 Å². The van der Waals surface area contributed by atoms with Crippen molar-refractivity contribution in [2.45, 2.75) is 56.5 Å². The second kappa shape index (κ2) is 4.68. The predicted octanol–water partition coefficient (Wildman–Crippen LogP) is 2.05. The Hall–Kier alpha value is -2.18. The molecule has 4 aliphatic carbocycles. The quantitative estimate of drug-likeness (QED) is 0.932.